The first-order valence-electron chi connectivity index (χ1n) is 7.65. The van der Waals surface area contributed by atoms with Crippen LogP contribution in [-0.4, -0.2) is 33.4 Å². The Morgan fingerprint density at radius 2 is 2.08 bits per heavy atom. The van der Waals surface area contributed by atoms with Crippen LogP contribution in [0.25, 0.3) is 11.4 Å². The van der Waals surface area contributed by atoms with Crippen molar-refractivity contribution in [2.75, 3.05) is 12.4 Å². The maximum Gasteiger partial charge on any atom is 0.227 e. The fourth-order valence-corrected chi connectivity index (χ4v) is 2.79. The predicted molar refractivity (Wildman–Crippen MR) is 92.0 cm³/mol. The summed E-state index contributed by atoms with van der Waals surface area (Å²) in [5.41, 5.74) is 2.04. The monoisotopic (exact) mass is 359 g/mol. The Kier molecular flexibility index (Phi) is 5.46. The van der Waals surface area contributed by atoms with Gasteiger partial charge in [0, 0.05) is 25.5 Å². The van der Waals surface area contributed by atoms with Gasteiger partial charge in [0.2, 0.25) is 22.8 Å². The Bertz CT molecular complexity index is 844. The average Bonchev–Trinajstić information content (AvgIpc) is 3.24. The van der Waals surface area contributed by atoms with Crippen molar-refractivity contribution in [3.05, 3.63) is 40.7 Å². The first kappa shape index (κ1) is 17.2. The van der Waals surface area contributed by atoms with E-state index in [1.54, 1.807) is 7.11 Å². The lowest BCUT2D eigenvalue weighted by molar-refractivity contribution is -0.116. The summed E-state index contributed by atoms with van der Waals surface area (Å²) < 4.78 is 10.2. The summed E-state index contributed by atoms with van der Waals surface area (Å²) in [5, 5.41) is 15.6. The van der Waals surface area contributed by atoms with Gasteiger partial charge >= 0.3 is 0 Å². The van der Waals surface area contributed by atoms with E-state index in [-0.39, 0.29) is 12.3 Å². The van der Waals surface area contributed by atoms with Gasteiger partial charge in [-0.05, 0) is 6.92 Å². The van der Waals surface area contributed by atoms with Crippen LogP contribution >= 0.6 is 11.3 Å². The summed E-state index contributed by atoms with van der Waals surface area (Å²) in [7, 11) is 1.58. The van der Waals surface area contributed by atoms with Crippen molar-refractivity contribution in [1.29, 1.82) is 0 Å². The van der Waals surface area contributed by atoms with Crippen LogP contribution in [0.4, 0.5) is 5.13 Å². The smallest absolute Gasteiger partial charge is 0.227 e. The number of methoxy groups -OCH3 is 1. The highest BCUT2D eigenvalue weighted by Gasteiger charge is 2.12. The van der Waals surface area contributed by atoms with E-state index in [4.69, 9.17) is 9.26 Å². The minimum atomic E-state index is -0.185. The number of carbonyl (C=O) groups excluding carboxylic acids is 1. The topological polar surface area (TPSA) is 103 Å². The third-order valence-corrected chi connectivity index (χ3v) is 4.14. The Labute approximate surface area is 148 Å². The number of carbonyl (C=O) groups is 1. The third-order valence-electron chi connectivity index (χ3n) is 3.32. The maximum atomic E-state index is 12.0. The van der Waals surface area contributed by atoms with E-state index in [2.05, 4.69) is 25.7 Å². The van der Waals surface area contributed by atoms with Gasteiger partial charge in [0.05, 0.1) is 0 Å². The molecule has 0 bridgehead atoms. The summed E-state index contributed by atoms with van der Waals surface area (Å²) in [4.78, 5) is 16.3. The van der Waals surface area contributed by atoms with E-state index in [0.717, 1.165) is 11.1 Å². The number of hydrogen-bond donors (Lipinski definition) is 1. The van der Waals surface area contributed by atoms with Crippen LogP contribution < -0.4 is 5.32 Å². The highest BCUT2D eigenvalue weighted by molar-refractivity contribution is 7.15. The van der Waals surface area contributed by atoms with Crippen LogP contribution in [0, 0.1) is 6.92 Å². The molecule has 8 nitrogen and oxygen atoms in total. The molecule has 0 atom stereocenters. The highest BCUT2D eigenvalue weighted by Crippen LogP contribution is 2.18. The Morgan fingerprint density at radius 1 is 1.28 bits per heavy atom. The van der Waals surface area contributed by atoms with Crippen molar-refractivity contribution in [2.45, 2.75) is 26.4 Å². The lowest BCUT2D eigenvalue weighted by Crippen LogP contribution is -2.12. The van der Waals surface area contributed by atoms with Crippen molar-refractivity contribution in [3.8, 4) is 11.4 Å². The number of ether oxygens (including phenoxy) is 1. The molecule has 1 aromatic carbocycles. The Hall–Kier alpha value is -2.65. The van der Waals surface area contributed by atoms with Crippen LogP contribution in [0.1, 0.15) is 22.9 Å². The van der Waals surface area contributed by atoms with Crippen LogP contribution in [0.5, 0.6) is 0 Å². The minimum absolute atomic E-state index is 0.185. The molecule has 0 fully saturated rings. The quantitative estimate of drug-likeness (QED) is 0.691. The molecule has 0 saturated carbocycles. The van der Waals surface area contributed by atoms with Crippen molar-refractivity contribution in [3.63, 3.8) is 0 Å². The van der Waals surface area contributed by atoms with E-state index < -0.39 is 0 Å². The zero-order valence-corrected chi connectivity index (χ0v) is 14.7. The number of anilines is 1. The van der Waals surface area contributed by atoms with Gasteiger partial charge in [0.1, 0.15) is 11.6 Å². The van der Waals surface area contributed by atoms with E-state index in [1.807, 2.05) is 31.2 Å². The fourth-order valence-electron chi connectivity index (χ4n) is 2.06. The second kappa shape index (κ2) is 7.95. The standard InChI is InChI=1S/C16H17N5O3S/c1-10-3-5-11(6-4-10)15-18-13(24-21-15)8-7-12(22)17-16-20-19-14(25-16)9-23-2/h3-6H,7-9H2,1-2H3,(H,17,20,22). The number of rotatable bonds is 7. The molecule has 0 aliphatic rings. The summed E-state index contributed by atoms with van der Waals surface area (Å²) in [6.45, 7) is 2.39. The fraction of sp³-hybridized carbons (Fsp3) is 0.312. The van der Waals surface area contributed by atoms with E-state index in [1.165, 1.54) is 11.3 Å². The molecule has 0 saturated heterocycles. The largest absolute Gasteiger partial charge is 0.377 e. The SMILES string of the molecule is COCc1nnc(NC(=O)CCc2nc(-c3ccc(C)cc3)no2)s1. The Balaban J connectivity index is 1.52. The molecule has 0 unspecified atom stereocenters. The number of nitrogens with one attached hydrogen (secondary N) is 1. The van der Waals surface area contributed by atoms with Crippen LogP contribution in [0.2, 0.25) is 0 Å². The van der Waals surface area contributed by atoms with Crippen molar-refractivity contribution in [2.24, 2.45) is 0 Å². The molecule has 25 heavy (non-hydrogen) atoms. The Morgan fingerprint density at radius 3 is 2.84 bits per heavy atom. The van der Waals surface area contributed by atoms with Crippen LogP contribution in [0.3, 0.4) is 0 Å². The van der Waals surface area contributed by atoms with Crippen LogP contribution in [-0.2, 0) is 22.6 Å². The van der Waals surface area contributed by atoms with Gasteiger partial charge in [0.25, 0.3) is 0 Å². The van der Waals surface area contributed by atoms with Crippen LogP contribution in [0.15, 0.2) is 28.8 Å². The second-order valence-electron chi connectivity index (χ2n) is 5.36. The first-order chi connectivity index (χ1) is 12.1. The zero-order chi connectivity index (χ0) is 17.6. The number of aryl methyl sites for hydroxylation is 2. The maximum absolute atomic E-state index is 12.0. The highest BCUT2D eigenvalue weighted by atomic mass is 32.1. The minimum Gasteiger partial charge on any atom is -0.377 e. The summed E-state index contributed by atoms with van der Waals surface area (Å²) in [6, 6.07) is 7.84. The molecule has 0 aliphatic heterocycles. The first-order valence-corrected chi connectivity index (χ1v) is 8.46. The normalized spacial score (nSPS) is 10.8. The molecule has 1 N–H and O–H groups in total. The van der Waals surface area contributed by atoms with Crippen molar-refractivity contribution >= 4 is 22.4 Å². The molecule has 2 heterocycles. The number of nitrogens with zero attached hydrogens (tertiary/aromatic N) is 4. The third kappa shape index (κ3) is 4.68. The second-order valence-corrected chi connectivity index (χ2v) is 6.42. The zero-order valence-electron chi connectivity index (χ0n) is 13.9. The predicted octanol–water partition coefficient (Wildman–Crippen LogP) is 2.61. The van der Waals surface area contributed by atoms with Gasteiger partial charge < -0.3 is 14.6 Å². The van der Waals surface area contributed by atoms with Gasteiger partial charge in [-0.25, -0.2) is 0 Å². The molecule has 3 aromatic rings. The molecule has 1 amide bonds. The van der Waals surface area contributed by atoms with E-state index >= 15 is 0 Å². The van der Waals surface area contributed by atoms with Crippen molar-refractivity contribution in [1.82, 2.24) is 20.3 Å². The van der Waals surface area contributed by atoms with Gasteiger partial charge in [-0.1, -0.05) is 46.3 Å². The molecular weight excluding hydrogens is 342 g/mol. The summed E-state index contributed by atoms with van der Waals surface area (Å²) in [5.74, 6) is 0.752. The van der Waals surface area contributed by atoms with Gasteiger partial charge in [-0.3, -0.25) is 4.79 Å². The summed E-state index contributed by atoms with van der Waals surface area (Å²) in [6.07, 6.45) is 0.573. The van der Waals surface area contributed by atoms with Crippen molar-refractivity contribution < 1.29 is 14.1 Å². The number of amides is 1. The molecule has 0 aliphatic carbocycles. The molecule has 3 rings (SSSR count). The molecule has 9 heteroatoms. The van der Waals surface area contributed by atoms with Gasteiger partial charge in [0.15, 0.2) is 0 Å². The molecule has 2 aromatic heterocycles. The van der Waals surface area contributed by atoms with Gasteiger partial charge in [-0.2, -0.15) is 4.98 Å². The number of hydrogen-bond acceptors (Lipinski definition) is 8. The number of benzene rings is 1. The van der Waals surface area contributed by atoms with Gasteiger partial charge in [-0.15, -0.1) is 10.2 Å². The summed E-state index contributed by atoms with van der Waals surface area (Å²) >= 11 is 1.28. The average molecular weight is 359 g/mol. The lowest BCUT2D eigenvalue weighted by Gasteiger charge is -1.98. The molecule has 0 radical (unpaired) electrons. The number of aromatic nitrogens is 4. The molecular formula is C16H17N5O3S. The molecule has 0 spiro atoms. The lowest BCUT2D eigenvalue weighted by atomic mass is 10.1. The molecule has 130 valence electrons. The van der Waals surface area contributed by atoms with E-state index in [9.17, 15) is 4.79 Å². The van der Waals surface area contributed by atoms with E-state index in [0.29, 0.717) is 34.9 Å².